The normalized spacial score (nSPS) is 19.4. The summed E-state index contributed by atoms with van der Waals surface area (Å²) in [5.74, 6) is -0.457. The highest BCUT2D eigenvalue weighted by Gasteiger charge is 2.51. The Morgan fingerprint density at radius 3 is 2.38 bits per heavy atom. The Labute approximate surface area is 323 Å². The maximum Gasteiger partial charge on any atom is 0.417 e. The molecule has 0 aliphatic carbocycles. The first kappa shape index (κ1) is 39.6. The SMILES string of the molecule is CCc1cc(N2C(=S)N(c3ccc(C#N)c(C(F)(F)F)c3)C(=O)C2(C)C)ccc1OC1CCN(CC(=O)Cc2cccc(CC3CCC(=O)NC3=O)c2)CC1. The summed E-state index contributed by atoms with van der Waals surface area (Å²) in [7, 11) is 0. The fourth-order valence-electron chi connectivity index (χ4n) is 7.54. The predicted octanol–water partition coefficient (Wildman–Crippen LogP) is 6.31. The highest BCUT2D eigenvalue weighted by molar-refractivity contribution is 7.81. The molecule has 3 aromatic rings. The number of ether oxygens (including phenoxy) is 1. The lowest BCUT2D eigenvalue weighted by Gasteiger charge is -2.33. The van der Waals surface area contributed by atoms with Gasteiger partial charge in [0.2, 0.25) is 11.8 Å². The van der Waals surface area contributed by atoms with Gasteiger partial charge in [-0.15, -0.1) is 0 Å². The van der Waals surface area contributed by atoms with Crippen LogP contribution in [0.15, 0.2) is 60.7 Å². The Morgan fingerprint density at radius 2 is 1.71 bits per heavy atom. The van der Waals surface area contributed by atoms with E-state index in [4.69, 9.17) is 17.0 Å². The first-order chi connectivity index (χ1) is 26.1. The molecule has 6 rings (SSSR count). The number of thiocarbonyl (C=S) groups is 1. The van der Waals surface area contributed by atoms with Crippen LogP contribution in [-0.4, -0.2) is 64.8 Å². The molecule has 0 spiro atoms. The number of hydrogen-bond donors (Lipinski definition) is 1. The minimum absolute atomic E-state index is 0.0189. The zero-order valence-corrected chi connectivity index (χ0v) is 31.7. The molecule has 3 fully saturated rings. The highest BCUT2D eigenvalue weighted by Crippen LogP contribution is 2.41. The quantitative estimate of drug-likeness (QED) is 0.177. The second-order valence-corrected chi connectivity index (χ2v) is 15.1. The van der Waals surface area contributed by atoms with Gasteiger partial charge in [0.1, 0.15) is 17.4 Å². The molecule has 0 aromatic heterocycles. The van der Waals surface area contributed by atoms with Crippen molar-refractivity contribution in [2.45, 2.75) is 83.5 Å². The molecular formula is C41H42F3N5O5S. The Kier molecular flexibility index (Phi) is 11.5. The highest BCUT2D eigenvalue weighted by atomic mass is 32.1. The number of nitriles is 1. The average Bonchev–Trinajstić information content (AvgIpc) is 3.31. The molecule has 1 N–H and O–H groups in total. The summed E-state index contributed by atoms with van der Waals surface area (Å²) in [5.41, 5.74) is 0.338. The van der Waals surface area contributed by atoms with Gasteiger partial charge in [-0.2, -0.15) is 18.4 Å². The number of alkyl halides is 3. The number of anilines is 2. The van der Waals surface area contributed by atoms with Gasteiger partial charge in [-0.3, -0.25) is 34.3 Å². The summed E-state index contributed by atoms with van der Waals surface area (Å²) in [5, 5.41) is 11.6. The molecule has 3 aliphatic rings. The first-order valence-corrected chi connectivity index (χ1v) is 18.7. The molecule has 0 saturated carbocycles. The Bertz CT molecular complexity index is 2070. The van der Waals surface area contributed by atoms with Crippen LogP contribution < -0.4 is 19.9 Å². The number of hydrogen-bond acceptors (Lipinski definition) is 8. The van der Waals surface area contributed by atoms with Crippen molar-refractivity contribution in [2.75, 3.05) is 29.4 Å². The number of piperidine rings is 2. The van der Waals surface area contributed by atoms with Gasteiger partial charge in [0.05, 0.1) is 29.4 Å². The summed E-state index contributed by atoms with van der Waals surface area (Å²) in [6.07, 6.45) is -1.16. The van der Waals surface area contributed by atoms with Crippen LogP contribution in [0, 0.1) is 17.2 Å². The van der Waals surface area contributed by atoms with Gasteiger partial charge in [-0.1, -0.05) is 31.2 Å². The second kappa shape index (κ2) is 15.9. The number of nitrogens with one attached hydrogen (secondary N) is 1. The van der Waals surface area contributed by atoms with Crippen LogP contribution >= 0.6 is 12.2 Å². The van der Waals surface area contributed by atoms with Crippen LogP contribution in [-0.2, 0) is 44.6 Å². The fraction of sp³-hybridized carbons (Fsp3) is 0.415. The van der Waals surface area contributed by atoms with Crippen LogP contribution in [0.3, 0.4) is 0 Å². The van der Waals surface area contributed by atoms with Crippen molar-refractivity contribution < 1.29 is 37.1 Å². The molecule has 0 radical (unpaired) electrons. The molecule has 55 heavy (non-hydrogen) atoms. The molecular weight excluding hydrogens is 732 g/mol. The smallest absolute Gasteiger partial charge is 0.417 e. The zero-order valence-electron chi connectivity index (χ0n) is 30.9. The monoisotopic (exact) mass is 773 g/mol. The number of likely N-dealkylation sites (tertiary alicyclic amines) is 1. The van der Waals surface area contributed by atoms with E-state index in [1.807, 2.05) is 43.3 Å². The van der Waals surface area contributed by atoms with Crippen molar-refractivity contribution in [1.29, 1.82) is 5.26 Å². The number of rotatable bonds is 11. The first-order valence-electron chi connectivity index (χ1n) is 18.3. The van der Waals surface area contributed by atoms with E-state index in [2.05, 4.69) is 10.2 Å². The zero-order chi connectivity index (χ0) is 39.7. The molecule has 10 nitrogen and oxygen atoms in total. The van der Waals surface area contributed by atoms with E-state index in [9.17, 15) is 37.6 Å². The molecule has 3 aliphatic heterocycles. The third-order valence-corrected chi connectivity index (χ3v) is 10.9. The molecule has 3 amide bonds. The lowest BCUT2D eigenvalue weighted by atomic mass is 9.90. The van der Waals surface area contributed by atoms with Crippen molar-refractivity contribution in [3.05, 3.63) is 88.5 Å². The van der Waals surface area contributed by atoms with Gasteiger partial charge in [0, 0.05) is 37.5 Å². The largest absolute Gasteiger partial charge is 0.490 e. The minimum atomic E-state index is -4.79. The number of Topliss-reactive ketones (excluding diaryl/α,β-unsaturated/α-hetero) is 1. The molecule has 1 atom stereocenters. The third kappa shape index (κ3) is 8.58. The van der Waals surface area contributed by atoms with Gasteiger partial charge in [-0.25, -0.2) is 0 Å². The van der Waals surface area contributed by atoms with Crippen LogP contribution in [0.4, 0.5) is 24.5 Å². The van der Waals surface area contributed by atoms with Gasteiger partial charge < -0.3 is 9.64 Å². The molecule has 3 saturated heterocycles. The van der Waals surface area contributed by atoms with Crippen LogP contribution in [0.2, 0.25) is 0 Å². The van der Waals surface area contributed by atoms with Crippen LogP contribution in [0.25, 0.3) is 0 Å². The summed E-state index contributed by atoms with van der Waals surface area (Å²) < 4.78 is 47.8. The van der Waals surface area contributed by atoms with Gasteiger partial charge in [0.15, 0.2) is 10.9 Å². The van der Waals surface area contributed by atoms with E-state index in [0.29, 0.717) is 56.8 Å². The number of carbonyl (C=O) groups excluding carboxylic acids is 4. The topological polar surface area (TPSA) is 123 Å². The summed E-state index contributed by atoms with van der Waals surface area (Å²) in [6.45, 7) is 6.99. The van der Waals surface area contributed by atoms with E-state index in [0.717, 1.165) is 46.6 Å². The number of ketones is 1. The van der Waals surface area contributed by atoms with Gasteiger partial charge >= 0.3 is 6.18 Å². The van der Waals surface area contributed by atoms with Crippen molar-refractivity contribution >= 4 is 52.2 Å². The molecule has 1 unspecified atom stereocenters. The number of nitrogens with zero attached hydrogens (tertiary/aromatic N) is 4. The molecule has 3 aromatic carbocycles. The van der Waals surface area contributed by atoms with E-state index < -0.39 is 28.7 Å². The van der Waals surface area contributed by atoms with Crippen molar-refractivity contribution in [1.82, 2.24) is 10.2 Å². The van der Waals surface area contributed by atoms with Gasteiger partial charge in [-0.05, 0) is 111 Å². The summed E-state index contributed by atoms with van der Waals surface area (Å²) in [6, 6.07) is 17.9. The second-order valence-electron chi connectivity index (χ2n) is 14.8. The lowest BCUT2D eigenvalue weighted by Crippen LogP contribution is -2.44. The maximum absolute atomic E-state index is 13.8. The molecule has 288 valence electrons. The lowest BCUT2D eigenvalue weighted by molar-refractivity contribution is -0.138. The van der Waals surface area contributed by atoms with Crippen molar-refractivity contribution in [2.24, 2.45) is 5.92 Å². The van der Waals surface area contributed by atoms with E-state index in [1.54, 1.807) is 30.9 Å². The molecule has 3 heterocycles. The number of imide groups is 1. The number of aryl methyl sites for hydroxylation is 1. The van der Waals surface area contributed by atoms with Gasteiger partial charge in [0.25, 0.3) is 5.91 Å². The third-order valence-electron chi connectivity index (χ3n) is 10.5. The van der Waals surface area contributed by atoms with Crippen LogP contribution in [0.5, 0.6) is 5.75 Å². The number of benzene rings is 3. The fourth-order valence-corrected chi connectivity index (χ4v) is 8.06. The number of amides is 3. The molecule has 0 bridgehead atoms. The Morgan fingerprint density at radius 1 is 1.00 bits per heavy atom. The van der Waals surface area contributed by atoms with E-state index in [-0.39, 0.29) is 46.8 Å². The Hall–Kier alpha value is -5.13. The van der Waals surface area contributed by atoms with Crippen LogP contribution in [0.1, 0.15) is 74.3 Å². The summed E-state index contributed by atoms with van der Waals surface area (Å²) >= 11 is 5.72. The van der Waals surface area contributed by atoms with E-state index >= 15 is 0 Å². The number of carbonyl (C=O) groups is 4. The maximum atomic E-state index is 13.8. The average molecular weight is 774 g/mol. The minimum Gasteiger partial charge on any atom is -0.490 e. The standard InChI is InChI=1S/C41H42F3N5O5S/c1-4-27-21-31(49-39(55)48(38(53)40(49,2)3)30-10-8-29(23-45)34(22-30)41(42,43)44)11-12-35(27)54-33-14-16-47(17-15-33)24-32(50)20-26-7-5-6-25(18-26)19-28-9-13-36(51)46-37(28)52/h5-8,10-12,18,21-22,28,33H,4,9,13-17,19-20,24H2,1-3H3,(H,46,51,52). The summed E-state index contributed by atoms with van der Waals surface area (Å²) in [4.78, 5) is 55.3. The van der Waals surface area contributed by atoms with E-state index in [1.165, 1.54) is 6.07 Å². The van der Waals surface area contributed by atoms with Crippen molar-refractivity contribution in [3.63, 3.8) is 0 Å². The molecule has 14 heteroatoms. The predicted molar refractivity (Wildman–Crippen MR) is 203 cm³/mol. The number of halogens is 3. The Balaban J connectivity index is 1.05. The van der Waals surface area contributed by atoms with Crippen molar-refractivity contribution in [3.8, 4) is 11.8 Å².